The summed E-state index contributed by atoms with van der Waals surface area (Å²) in [5.41, 5.74) is 3.56. The number of halogens is 2. The number of aryl methyl sites for hydroxylation is 1. The van der Waals surface area contributed by atoms with Gasteiger partial charge in [-0.05, 0) is 43.5 Å². The number of nitrogens with zero attached hydrogens (tertiary/aromatic N) is 5. The van der Waals surface area contributed by atoms with Crippen LogP contribution < -0.4 is 15.4 Å². The van der Waals surface area contributed by atoms with Crippen molar-refractivity contribution in [3.8, 4) is 11.4 Å². The molecule has 0 bridgehead atoms. The summed E-state index contributed by atoms with van der Waals surface area (Å²) in [7, 11) is 3.37. The maximum absolute atomic E-state index is 14.5. The van der Waals surface area contributed by atoms with E-state index in [0.717, 1.165) is 23.0 Å². The zero-order valence-corrected chi connectivity index (χ0v) is 18.9. The molecule has 2 aromatic heterocycles. The highest BCUT2D eigenvalue weighted by atomic mass is 19.1. The van der Waals surface area contributed by atoms with E-state index in [0.29, 0.717) is 47.4 Å². The summed E-state index contributed by atoms with van der Waals surface area (Å²) < 4.78 is 35.2. The Balaban J connectivity index is 1.50. The van der Waals surface area contributed by atoms with Gasteiger partial charge in [0, 0.05) is 36.3 Å². The lowest BCUT2D eigenvalue weighted by Crippen LogP contribution is -2.09. The Labute approximate surface area is 195 Å². The van der Waals surface area contributed by atoms with Crippen molar-refractivity contribution in [2.75, 3.05) is 24.8 Å². The van der Waals surface area contributed by atoms with E-state index in [2.05, 4.69) is 25.7 Å². The fraction of sp³-hybridized carbons (Fsp3) is 0.250. The molecule has 1 aliphatic carbocycles. The van der Waals surface area contributed by atoms with Gasteiger partial charge in [0.1, 0.15) is 41.0 Å². The summed E-state index contributed by atoms with van der Waals surface area (Å²) >= 11 is 0. The number of methoxy groups -OCH3 is 1. The number of nitrogens with one attached hydrogen (secondary N) is 2. The third-order valence-corrected chi connectivity index (χ3v) is 5.92. The molecule has 2 N–H and O–H groups in total. The molecule has 174 valence electrons. The van der Waals surface area contributed by atoms with E-state index in [-0.39, 0.29) is 5.92 Å². The van der Waals surface area contributed by atoms with Gasteiger partial charge in [0.05, 0.1) is 12.8 Å². The van der Waals surface area contributed by atoms with Crippen molar-refractivity contribution in [2.24, 2.45) is 0 Å². The summed E-state index contributed by atoms with van der Waals surface area (Å²) in [6.07, 6.45) is 3.00. The average molecular weight is 463 g/mol. The fourth-order valence-corrected chi connectivity index (χ4v) is 4.35. The average Bonchev–Trinajstić information content (AvgIpc) is 3.45. The van der Waals surface area contributed by atoms with Crippen LogP contribution in [0.1, 0.15) is 35.0 Å². The third kappa shape index (κ3) is 3.91. The number of hydrogen-bond donors (Lipinski definition) is 2. The van der Waals surface area contributed by atoms with Crippen molar-refractivity contribution in [3.05, 3.63) is 77.0 Å². The van der Waals surface area contributed by atoms with Gasteiger partial charge < -0.3 is 15.4 Å². The number of ether oxygens (including phenoxy) is 1. The standard InChI is InChI=1S/C24H23F2N7O/c1-13-28-12-33(32-13)20-9-5-15(11-21(20)34-3)29-24-30-22-17(7-8-18(22)23(27-2)31-24)16-6-4-14(25)10-19(16)26/h4-6,9-12,17H,7-8H2,1-3H3,(H2,27,29,30,31)/t17-/m1/s1. The molecule has 0 unspecified atom stereocenters. The molecule has 1 aliphatic rings. The van der Waals surface area contributed by atoms with E-state index in [4.69, 9.17) is 9.72 Å². The summed E-state index contributed by atoms with van der Waals surface area (Å²) in [6.45, 7) is 1.81. The van der Waals surface area contributed by atoms with Crippen LogP contribution in [0.2, 0.25) is 0 Å². The normalized spacial score (nSPS) is 14.7. The van der Waals surface area contributed by atoms with E-state index in [1.807, 2.05) is 25.1 Å². The van der Waals surface area contributed by atoms with Crippen LogP contribution in [0.5, 0.6) is 5.75 Å². The van der Waals surface area contributed by atoms with Crippen molar-refractivity contribution in [1.29, 1.82) is 0 Å². The molecular formula is C24H23F2N7O. The fourth-order valence-electron chi connectivity index (χ4n) is 4.35. The summed E-state index contributed by atoms with van der Waals surface area (Å²) in [5.74, 6) is 0.847. The van der Waals surface area contributed by atoms with E-state index in [1.165, 1.54) is 12.1 Å². The highest BCUT2D eigenvalue weighted by Crippen LogP contribution is 2.41. The minimum Gasteiger partial charge on any atom is -0.494 e. The molecule has 10 heteroatoms. The van der Waals surface area contributed by atoms with E-state index in [9.17, 15) is 8.78 Å². The van der Waals surface area contributed by atoms with Crippen LogP contribution in [0.4, 0.5) is 26.2 Å². The Morgan fingerprint density at radius 1 is 1.12 bits per heavy atom. The van der Waals surface area contributed by atoms with Gasteiger partial charge in [-0.1, -0.05) is 6.07 Å². The van der Waals surface area contributed by atoms with Crippen molar-refractivity contribution in [3.63, 3.8) is 0 Å². The summed E-state index contributed by atoms with van der Waals surface area (Å²) in [4.78, 5) is 13.5. The minimum absolute atomic E-state index is 0.279. The van der Waals surface area contributed by atoms with Crippen molar-refractivity contribution in [1.82, 2.24) is 24.7 Å². The van der Waals surface area contributed by atoms with Crippen LogP contribution >= 0.6 is 0 Å². The Morgan fingerprint density at radius 3 is 2.68 bits per heavy atom. The first-order valence-electron chi connectivity index (χ1n) is 10.8. The molecule has 1 atom stereocenters. The lowest BCUT2D eigenvalue weighted by molar-refractivity contribution is 0.412. The first-order chi connectivity index (χ1) is 16.5. The molecule has 2 heterocycles. The number of hydrogen-bond acceptors (Lipinski definition) is 7. The second-order valence-corrected chi connectivity index (χ2v) is 8.01. The van der Waals surface area contributed by atoms with Crippen LogP contribution in [-0.2, 0) is 6.42 Å². The minimum atomic E-state index is -0.598. The van der Waals surface area contributed by atoms with Crippen LogP contribution in [0.3, 0.4) is 0 Å². The van der Waals surface area contributed by atoms with Gasteiger partial charge in [0.2, 0.25) is 5.95 Å². The molecule has 2 aromatic carbocycles. The monoisotopic (exact) mass is 463 g/mol. The van der Waals surface area contributed by atoms with Crippen molar-refractivity contribution >= 4 is 17.5 Å². The number of rotatable bonds is 6. The molecule has 0 saturated carbocycles. The molecule has 34 heavy (non-hydrogen) atoms. The predicted molar refractivity (Wildman–Crippen MR) is 124 cm³/mol. The first kappa shape index (κ1) is 21.7. The highest BCUT2D eigenvalue weighted by Gasteiger charge is 2.31. The predicted octanol–water partition coefficient (Wildman–Crippen LogP) is 4.52. The topological polar surface area (TPSA) is 89.8 Å². The smallest absolute Gasteiger partial charge is 0.229 e. The first-order valence-corrected chi connectivity index (χ1v) is 10.8. The lowest BCUT2D eigenvalue weighted by atomic mass is 9.96. The van der Waals surface area contributed by atoms with Gasteiger partial charge in [-0.15, -0.1) is 0 Å². The molecule has 0 radical (unpaired) electrons. The van der Waals surface area contributed by atoms with Crippen molar-refractivity contribution < 1.29 is 13.5 Å². The number of aromatic nitrogens is 5. The maximum atomic E-state index is 14.5. The van der Waals surface area contributed by atoms with Gasteiger partial charge in [-0.3, -0.25) is 0 Å². The van der Waals surface area contributed by atoms with Gasteiger partial charge in [0.25, 0.3) is 0 Å². The van der Waals surface area contributed by atoms with Crippen molar-refractivity contribution in [2.45, 2.75) is 25.7 Å². The molecule has 8 nitrogen and oxygen atoms in total. The van der Waals surface area contributed by atoms with E-state index < -0.39 is 11.6 Å². The van der Waals surface area contributed by atoms with Gasteiger partial charge in [-0.25, -0.2) is 23.4 Å². The Kier molecular flexibility index (Phi) is 5.56. The molecule has 4 aromatic rings. The molecule has 0 spiro atoms. The second-order valence-electron chi connectivity index (χ2n) is 8.01. The van der Waals surface area contributed by atoms with E-state index >= 15 is 0 Å². The summed E-state index contributed by atoms with van der Waals surface area (Å²) in [6, 6.07) is 9.23. The molecule has 5 rings (SSSR count). The number of benzene rings is 2. The number of anilines is 3. The Bertz CT molecular complexity index is 1370. The van der Waals surface area contributed by atoms with Gasteiger partial charge in [-0.2, -0.15) is 10.1 Å². The van der Waals surface area contributed by atoms with Crippen LogP contribution in [-0.4, -0.2) is 38.9 Å². The molecular weight excluding hydrogens is 440 g/mol. The zero-order chi connectivity index (χ0) is 23.8. The van der Waals surface area contributed by atoms with Crippen LogP contribution in [0, 0.1) is 18.6 Å². The van der Waals surface area contributed by atoms with Gasteiger partial charge in [0.15, 0.2) is 0 Å². The summed E-state index contributed by atoms with van der Waals surface area (Å²) in [5, 5.41) is 10.7. The third-order valence-electron chi connectivity index (χ3n) is 5.92. The highest BCUT2D eigenvalue weighted by molar-refractivity contribution is 5.64. The largest absolute Gasteiger partial charge is 0.494 e. The SMILES string of the molecule is CNc1nc(Nc2ccc(-n3cnc(C)n3)c(OC)c2)nc2c1CC[C@@H]2c1ccc(F)cc1F. The van der Waals surface area contributed by atoms with Crippen LogP contribution in [0.15, 0.2) is 42.7 Å². The second kappa shape index (κ2) is 8.69. The van der Waals surface area contributed by atoms with E-state index in [1.54, 1.807) is 25.2 Å². The quantitative estimate of drug-likeness (QED) is 0.435. The Hall–Kier alpha value is -4.08. The van der Waals surface area contributed by atoms with Crippen LogP contribution in [0.25, 0.3) is 5.69 Å². The van der Waals surface area contributed by atoms with Gasteiger partial charge >= 0.3 is 0 Å². The lowest BCUT2D eigenvalue weighted by Gasteiger charge is -2.16. The molecule has 0 fully saturated rings. The molecule has 0 amide bonds. The molecule has 0 saturated heterocycles. The number of fused-ring (bicyclic) bond motifs is 1. The maximum Gasteiger partial charge on any atom is 0.229 e. The zero-order valence-electron chi connectivity index (χ0n) is 18.9. The Morgan fingerprint density at radius 2 is 1.97 bits per heavy atom. The molecule has 0 aliphatic heterocycles.